The van der Waals surface area contributed by atoms with Gasteiger partial charge in [0.1, 0.15) is 22.9 Å². The zero-order valence-electron chi connectivity index (χ0n) is 13.7. The molecule has 25 heavy (non-hydrogen) atoms. The maximum Gasteiger partial charge on any atom is 0.145 e. The van der Waals surface area contributed by atoms with E-state index < -0.39 is 0 Å². The summed E-state index contributed by atoms with van der Waals surface area (Å²) in [5, 5.41) is 1.32. The van der Waals surface area contributed by atoms with Crippen LogP contribution in [-0.4, -0.2) is 21.6 Å². The highest BCUT2D eigenvalue weighted by Gasteiger charge is 2.15. The van der Waals surface area contributed by atoms with Crippen molar-refractivity contribution in [2.75, 3.05) is 7.11 Å². The van der Waals surface area contributed by atoms with Gasteiger partial charge in [-0.2, -0.15) is 0 Å². The molecule has 0 aliphatic heterocycles. The maximum atomic E-state index is 6.30. The van der Waals surface area contributed by atoms with Gasteiger partial charge in [0.15, 0.2) is 0 Å². The van der Waals surface area contributed by atoms with Crippen LogP contribution in [0, 0.1) is 0 Å². The monoisotopic (exact) mass is 349 g/mol. The lowest BCUT2D eigenvalue weighted by atomic mass is 10.1. The third-order valence-corrected chi connectivity index (χ3v) is 4.51. The van der Waals surface area contributed by atoms with Crippen LogP contribution in [0.25, 0.3) is 22.3 Å². The molecule has 0 N–H and O–H groups in total. The van der Waals surface area contributed by atoms with Gasteiger partial charge in [-0.25, -0.2) is 9.97 Å². The number of hydrogen-bond acceptors (Lipinski definition) is 3. The number of halogens is 1. The Kier molecular flexibility index (Phi) is 4.12. The topological polar surface area (TPSA) is 39.9 Å². The molecule has 0 radical (unpaired) electrons. The summed E-state index contributed by atoms with van der Waals surface area (Å²) in [6.07, 6.45) is 1.50. The number of ether oxygens (including phenoxy) is 1. The minimum atomic E-state index is 0.464. The molecule has 0 saturated heterocycles. The Morgan fingerprint density at radius 1 is 1.00 bits per heavy atom. The number of fused-ring (bicyclic) bond motifs is 1. The van der Waals surface area contributed by atoms with Crippen LogP contribution >= 0.6 is 11.6 Å². The van der Waals surface area contributed by atoms with E-state index in [-0.39, 0.29) is 0 Å². The number of rotatable bonds is 4. The normalized spacial score (nSPS) is 11.0. The van der Waals surface area contributed by atoms with E-state index >= 15 is 0 Å². The zero-order chi connectivity index (χ0) is 17.2. The van der Waals surface area contributed by atoms with E-state index in [1.165, 1.54) is 11.9 Å². The van der Waals surface area contributed by atoms with Gasteiger partial charge in [-0.3, -0.25) is 0 Å². The number of aromatic nitrogens is 3. The average molecular weight is 350 g/mol. The predicted molar refractivity (Wildman–Crippen MR) is 100 cm³/mol. The summed E-state index contributed by atoms with van der Waals surface area (Å²) in [5.41, 5.74) is 4.15. The van der Waals surface area contributed by atoms with Crippen LogP contribution < -0.4 is 4.74 Å². The molecular weight excluding hydrogens is 334 g/mol. The van der Waals surface area contributed by atoms with Gasteiger partial charge in [-0.05, 0) is 41.5 Å². The first-order chi connectivity index (χ1) is 12.3. The van der Waals surface area contributed by atoms with Gasteiger partial charge < -0.3 is 9.30 Å². The summed E-state index contributed by atoms with van der Waals surface area (Å²) < 4.78 is 7.43. The third-order valence-electron chi connectivity index (χ3n) is 4.21. The van der Waals surface area contributed by atoms with E-state index in [1.54, 1.807) is 7.11 Å². The quantitative estimate of drug-likeness (QED) is 0.496. The predicted octanol–water partition coefficient (Wildman–Crippen LogP) is 4.81. The molecule has 4 nitrogen and oxygen atoms in total. The molecule has 5 heteroatoms. The zero-order valence-corrected chi connectivity index (χ0v) is 14.4. The van der Waals surface area contributed by atoms with Crippen molar-refractivity contribution in [1.29, 1.82) is 0 Å². The summed E-state index contributed by atoms with van der Waals surface area (Å²) in [6, 6.07) is 20.3. The molecule has 0 atom stereocenters. The fraction of sp³-hybridized carbons (Fsp3) is 0.100. The summed E-state index contributed by atoms with van der Waals surface area (Å²) >= 11 is 6.30. The molecule has 0 unspecified atom stereocenters. The number of nitrogens with zero attached hydrogens (tertiary/aromatic N) is 3. The Labute approximate surface area is 150 Å². The van der Waals surface area contributed by atoms with Gasteiger partial charge in [0, 0.05) is 6.54 Å². The van der Waals surface area contributed by atoms with Crippen molar-refractivity contribution in [3.05, 3.63) is 77.7 Å². The lowest BCUT2D eigenvalue weighted by Crippen LogP contribution is -2.03. The van der Waals surface area contributed by atoms with Gasteiger partial charge in [-0.1, -0.05) is 41.9 Å². The molecule has 0 spiro atoms. The molecule has 124 valence electrons. The van der Waals surface area contributed by atoms with Crippen molar-refractivity contribution in [3.8, 4) is 17.0 Å². The molecule has 2 aromatic carbocycles. The molecule has 0 aliphatic rings. The standard InChI is InChI=1S/C20H16ClN3O/c1-25-16-9-7-15(8-10-16)18-11-17-19(21)22-13-23-20(17)24(18)12-14-5-3-2-4-6-14/h2-11,13H,12H2,1H3. The van der Waals surface area contributed by atoms with Gasteiger partial charge in [0.25, 0.3) is 0 Å². The minimum absolute atomic E-state index is 0.464. The van der Waals surface area contributed by atoms with Crippen LogP contribution in [0.2, 0.25) is 5.15 Å². The Hall–Kier alpha value is -2.85. The van der Waals surface area contributed by atoms with Crippen molar-refractivity contribution in [2.24, 2.45) is 0 Å². The first-order valence-electron chi connectivity index (χ1n) is 7.94. The van der Waals surface area contributed by atoms with Crippen molar-refractivity contribution in [1.82, 2.24) is 14.5 Å². The second-order valence-electron chi connectivity index (χ2n) is 5.73. The molecule has 0 aliphatic carbocycles. The van der Waals surface area contributed by atoms with E-state index in [0.717, 1.165) is 28.0 Å². The van der Waals surface area contributed by atoms with Crippen LogP contribution in [0.1, 0.15) is 5.56 Å². The third kappa shape index (κ3) is 2.96. The van der Waals surface area contributed by atoms with Crippen molar-refractivity contribution >= 4 is 22.6 Å². The first-order valence-corrected chi connectivity index (χ1v) is 8.32. The van der Waals surface area contributed by atoms with Crippen LogP contribution in [0.15, 0.2) is 67.0 Å². The highest BCUT2D eigenvalue weighted by molar-refractivity contribution is 6.34. The van der Waals surface area contributed by atoms with E-state index in [9.17, 15) is 0 Å². The second kappa shape index (κ2) is 6.57. The molecule has 2 aromatic heterocycles. The molecule has 2 heterocycles. The van der Waals surface area contributed by atoms with Crippen molar-refractivity contribution < 1.29 is 4.74 Å². The van der Waals surface area contributed by atoms with Gasteiger partial charge in [0.2, 0.25) is 0 Å². The fourth-order valence-corrected chi connectivity index (χ4v) is 3.14. The average Bonchev–Trinajstić information content (AvgIpc) is 3.03. The summed E-state index contributed by atoms with van der Waals surface area (Å²) in [4.78, 5) is 8.57. The summed E-state index contributed by atoms with van der Waals surface area (Å²) in [5.74, 6) is 0.826. The molecule has 0 fully saturated rings. The van der Waals surface area contributed by atoms with Crippen molar-refractivity contribution in [3.63, 3.8) is 0 Å². The Bertz CT molecular complexity index is 1010. The van der Waals surface area contributed by atoms with Crippen LogP contribution in [0.5, 0.6) is 5.75 Å². The van der Waals surface area contributed by atoms with E-state index in [2.05, 4.69) is 26.7 Å². The Balaban J connectivity index is 1.89. The molecule has 4 rings (SSSR count). The van der Waals surface area contributed by atoms with E-state index in [4.69, 9.17) is 16.3 Å². The molecule has 0 bridgehead atoms. The highest BCUT2D eigenvalue weighted by atomic mass is 35.5. The molecule has 0 saturated carbocycles. The van der Waals surface area contributed by atoms with Gasteiger partial charge >= 0.3 is 0 Å². The van der Waals surface area contributed by atoms with Gasteiger partial charge in [0.05, 0.1) is 18.2 Å². The molecule has 4 aromatic rings. The Morgan fingerprint density at radius 2 is 1.76 bits per heavy atom. The highest BCUT2D eigenvalue weighted by Crippen LogP contribution is 2.31. The van der Waals surface area contributed by atoms with E-state index in [1.807, 2.05) is 48.5 Å². The fourth-order valence-electron chi connectivity index (χ4n) is 2.96. The molecular formula is C20H16ClN3O. The summed E-state index contributed by atoms with van der Waals surface area (Å²) in [6.45, 7) is 0.707. The van der Waals surface area contributed by atoms with Crippen LogP contribution in [-0.2, 0) is 6.54 Å². The molecule has 0 amide bonds. The minimum Gasteiger partial charge on any atom is -0.497 e. The lowest BCUT2D eigenvalue weighted by molar-refractivity contribution is 0.415. The second-order valence-corrected chi connectivity index (χ2v) is 6.09. The number of benzene rings is 2. The SMILES string of the molecule is COc1ccc(-c2cc3c(Cl)ncnc3n2Cc2ccccc2)cc1. The van der Waals surface area contributed by atoms with Crippen LogP contribution in [0.4, 0.5) is 0 Å². The lowest BCUT2D eigenvalue weighted by Gasteiger charge is -2.11. The largest absolute Gasteiger partial charge is 0.497 e. The van der Waals surface area contributed by atoms with Gasteiger partial charge in [-0.15, -0.1) is 0 Å². The van der Waals surface area contributed by atoms with Crippen LogP contribution in [0.3, 0.4) is 0 Å². The van der Waals surface area contributed by atoms with E-state index in [0.29, 0.717) is 11.7 Å². The van der Waals surface area contributed by atoms with Crippen molar-refractivity contribution in [2.45, 2.75) is 6.54 Å². The number of methoxy groups -OCH3 is 1. The first kappa shape index (κ1) is 15.7. The maximum absolute atomic E-state index is 6.30. The Morgan fingerprint density at radius 3 is 2.48 bits per heavy atom. The number of hydrogen-bond donors (Lipinski definition) is 0. The smallest absolute Gasteiger partial charge is 0.145 e. The summed E-state index contributed by atoms with van der Waals surface area (Å²) in [7, 11) is 1.66.